The molecule has 2 N–H and O–H groups in total. The monoisotopic (exact) mass is 431 g/mol. The van der Waals surface area contributed by atoms with Gasteiger partial charge < -0.3 is 10.2 Å². The van der Waals surface area contributed by atoms with Crippen molar-refractivity contribution in [2.45, 2.75) is 91.0 Å². The van der Waals surface area contributed by atoms with Gasteiger partial charge >= 0.3 is 6.03 Å². The molecule has 6 heteroatoms. The number of unbranched alkanes of at least 4 members (excludes halogenated alkanes) is 1. The summed E-state index contributed by atoms with van der Waals surface area (Å²) in [5.74, 6) is 1.97. The average Bonchev–Trinajstić information content (AvgIpc) is 3.08. The van der Waals surface area contributed by atoms with Crippen LogP contribution >= 0.6 is 0 Å². The summed E-state index contributed by atoms with van der Waals surface area (Å²) in [6.07, 6.45) is 10.0. The molecule has 6 nitrogen and oxygen atoms in total. The molecule has 1 aliphatic heterocycles. The van der Waals surface area contributed by atoms with E-state index in [9.17, 15) is 14.4 Å². The van der Waals surface area contributed by atoms with Gasteiger partial charge in [0.05, 0.1) is 0 Å². The fourth-order valence-corrected chi connectivity index (χ4v) is 8.20. The minimum Gasteiger partial charge on any atom is -0.342 e. The second kappa shape index (κ2) is 8.40. The van der Waals surface area contributed by atoms with Gasteiger partial charge in [0, 0.05) is 32.0 Å². The van der Waals surface area contributed by atoms with Crippen LogP contribution in [0.1, 0.15) is 85.0 Å². The summed E-state index contributed by atoms with van der Waals surface area (Å²) in [7, 11) is 2.00. The minimum absolute atomic E-state index is 0.0193. The van der Waals surface area contributed by atoms with Crippen LogP contribution in [0.4, 0.5) is 4.79 Å². The van der Waals surface area contributed by atoms with Gasteiger partial charge in [-0.05, 0) is 80.0 Å². The molecule has 4 aliphatic rings. The minimum atomic E-state index is -0.345. The first kappa shape index (κ1) is 22.6. The lowest BCUT2D eigenvalue weighted by molar-refractivity contribution is -0.159. The molecule has 31 heavy (non-hydrogen) atoms. The van der Waals surface area contributed by atoms with E-state index in [1.54, 1.807) is 0 Å². The van der Waals surface area contributed by atoms with Crippen LogP contribution in [0.2, 0.25) is 0 Å². The predicted molar refractivity (Wildman–Crippen MR) is 120 cm³/mol. The Morgan fingerprint density at radius 3 is 2.52 bits per heavy atom. The number of carbonyl (C=O) groups is 3. The lowest BCUT2D eigenvalue weighted by Gasteiger charge is -2.61. The summed E-state index contributed by atoms with van der Waals surface area (Å²) >= 11 is 0. The van der Waals surface area contributed by atoms with Crippen LogP contribution in [0.3, 0.4) is 0 Å². The molecule has 174 valence electrons. The second-order valence-corrected chi connectivity index (χ2v) is 11.3. The maximum absolute atomic E-state index is 13.1. The van der Waals surface area contributed by atoms with Crippen LogP contribution < -0.4 is 10.6 Å². The van der Waals surface area contributed by atoms with Crippen molar-refractivity contribution in [3.63, 3.8) is 0 Å². The molecule has 0 aromatic heterocycles. The molecule has 0 aromatic carbocycles. The number of piperidine rings is 1. The number of fused-ring (bicyclic) bond motifs is 5. The van der Waals surface area contributed by atoms with E-state index in [-0.39, 0.29) is 28.7 Å². The molecule has 1 heterocycles. The van der Waals surface area contributed by atoms with Crippen molar-refractivity contribution in [1.82, 2.24) is 15.5 Å². The molecule has 4 fully saturated rings. The summed E-state index contributed by atoms with van der Waals surface area (Å²) in [5, 5.41) is 5.45. The first-order valence-electron chi connectivity index (χ1n) is 12.6. The summed E-state index contributed by atoms with van der Waals surface area (Å²) < 4.78 is 0. The maximum Gasteiger partial charge on any atom is 0.321 e. The Morgan fingerprint density at radius 2 is 1.77 bits per heavy atom. The number of rotatable bonds is 4. The van der Waals surface area contributed by atoms with E-state index >= 15 is 0 Å². The Kier molecular flexibility index (Phi) is 6.12. The van der Waals surface area contributed by atoms with Crippen molar-refractivity contribution in [3.8, 4) is 0 Å². The van der Waals surface area contributed by atoms with E-state index in [0.29, 0.717) is 42.7 Å². The van der Waals surface area contributed by atoms with Gasteiger partial charge in [-0.25, -0.2) is 4.79 Å². The Bertz CT molecular complexity index is 740. The van der Waals surface area contributed by atoms with Gasteiger partial charge in [0.1, 0.15) is 0 Å². The topological polar surface area (TPSA) is 78.5 Å². The number of urea groups is 1. The van der Waals surface area contributed by atoms with E-state index in [2.05, 4.69) is 31.4 Å². The first-order chi connectivity index (χ1) is 14.7. The lowest BCUT2D eigenvalue weighted by Crippen LogP contribution is -2.61. The molecule has 4 rings (SSSR count). The number of carbonyl (C=O) groups excluding carboxylic acids is 3. The zero-order valence-corrected chi connectivity index (χ0v) is 19.8. The number of nitrogens with zero attached hydrogens (tertiary/aromatic N) is 1. The highest BCUT2D eigenvalue weighted by molar-refractivity contribution is 5.96. The van der Waals surface area contributed by atoms with Gasteiger partial charge in [-0.3, -0.25) is 14.9 Å². The van der Waals surface area contributed by atoms with Crippen LogP contribution in [0.15, 0.2) is 0 Å². The predicted octanol–water partition coefficient (Wildman–Crippen LogP) is 4.09. The first-order valence-corrected chi connectivity index (χ1v) is 12.6. The van der Waals surface area contributed by atoms with E-state index < -0.39 is 0 Å². The number of hydrogen-bond acceptors (Lipinski definition) is 3. The molecule has 2 unspecified atom stereocenters. The number of nitrogens with one attached hydrogen (secondary N) is 2. The Balaban J connectivity index is 1.46. The molecule has 0 bridgehead atoms. The number of hydrogen-bond donors (Lipinski definition) is 2. The quantitative estimate of drug-likeness (QED) is 0.658. The van der Waals surface area contributed by atoms with Gasteiger partial charge in [0.25, 0.3) is 0 Å². The summed E-state index contributed by atoms with van der Waals surface area (Å²) in [6, 6.07) is 0.0220. The van der Waals surface area contributed by atoms with Crippen LogP contribution in [0, 0.1) is 34.5 Å². The largest absolute Gasteiger partial charge is 0.342 e. The molecular weight excluding hydrogens is 390 g/mol. The van der Waals surface area contributed by atoms with E-state index in [1.165, 1.54) is 0 Å². The second-order valence-electron chi connectivity index (χ2n) is 11.3. The molecule has 0 aromatic rings. The SMILES string of the molecule is CCCCNC(=O)NC(=O)C1CC[C@H]2[C@@H]3CCC4N(C)C(=O)CC[C@]4(C)[C@@H]3CC[C@]12C. The Morgan fingerprint density at radius 1 is 1.03 bits per heavy atom. The molecule has 4 amide bonds. The summed E-state index contributed by atoms with van der Waals surface area (Å²) in [6.45, 7) is 7.43. The third-order valence-electron chi connectivity index (χ3n) is 9.93. The molecule has 7 atom stereocenters. The number of amides is 4. The molecule has 3 aliphatic carbocycles. The van der Waals surface area contributed by atoms with Gasteiger partial charge in [0.15, 0.2) is 0 Å². The molecule has 0 spiro atoms. The Labute approximate surface area is 187 Å². The zero-order valence-electron chi connectivity index (χ0n) is 19.8. The van der Waals surface area contributed by atoms with Crippen LogP contribution in [-0.4, -0.2) is 42.4 Å². The van der Waals surface area contributed by atoms with E-state index in [4.69, 9.17) is 0 Å². The van der Waals surface area contributed by atoms with E-state index in [1.807, 2.05) is 11.9 Å². The fraction of sp³-hybridized carbons (Fsp3) is 0.880. The van der Waals surface area contributed by atoms with Crippen LogP contribution in [-0.2, 0) is 9.59 Å². The van der Waals surface area contributed by atoms with E-state index in [0.717, 1.165) is 57.8 Å². The van der Waals surface area contributed by atoms with Crippen molar-refractivity contribution in [2.75, 3.05) is 13.6 Å². The van der Waals surface area contributed by atoms with Crippen LogP contribution in [0.5, 0.6) is 0 Å². The van der Waals surface area contributed by atoms with Crippen molar-refractivity contribution in [1.29, 1.82) is 0 Å². The number of imide groups is 1. The zero-order chi connectivity index (χ0) is 22.4. The molecule has 1 saturated heterocycles. The van der Waals surface area contributed by atoms with Gasteiger partial charge in [-0.15, -0.1) is 0 Å². The van der Waals surface area contributed by atoms with Crippen molar-refractivity contribution < 1.29 is 14.4 Å². The highest BCUT2D eigenvalue weighted by Gasteiger charge is 2.62. The van der Waals surface area contributed by atoms with Crippen LogP contribution in [0.25, 0.3) is 0 Å². The van der Waals surface area contributed by atoms with Crippen molar-refractivity contribution >= 4 is 17.8 Å². The normalized spacial score (nSPS) is 41.7. The third kappa shape index (κ3) is 3.68. The van der Waals surface area contributed by atoms with Gasteiger partial charge in [0.2, 0.25) is 11.8 Å². The highest BCUT2D eigenvalue weighted by Crippen LogP contribution is 2.66. The highest BCUT2D eigenvalue weighted by atomic mass is 16.2. The molecular formula is C25H41N3O3. The Hall–Kier alpha value is -1.59. The lowest BCUT2D eigenvalue weighted by atomic mass is 9.47. The van der Waals surface area contributed by atoms with Crippen molar-refractivity contribution in [2.24, 2.45) is 34.5 Å². The number of likely N-dealkylation sites (tertiary alicyclic amines) is 1. The average molecular weight is 432 g/mol. The van der Waals surface area contributed by atoms with Crippen molar-refractivity contribution in [3.05, 3.63) is 0 Å². The summed E-state index contributed by atoms with van der Waals surface area (Å²) in [5.41, 5.74) is 0.181. The van der Waals surface area contributed by atoms with Gasteiger partial charge in [-0.2, -0.15) is 0 Å². The smallest absolute Gasteiger partial charge is 0.321 e. The maximum atomic E-state index is 13.1. The molecule has 0 radical (unpaired) electrons. The third-order valence-corrected chi connectivity index (χ3v) is 9.93. The standard InChI is InChI=1S/C25H41N3O3/c1-5-6-15-26-23(31)27-22(30)19-9-8-17-16-7-10-20-25(3,14-12-21(29)28(20)4)18(16)11-13-24(17,19)2/h16-20H,5-15H2,1-4H3,(H2,26,27,30,31)/t16-,17-,18+,19?,20?,24-,25+/m0/s1. The fourth-order valence-electron chi connectivity index (χ4n) is 8.20. The van der Waals surface area contributed by atoms with Gasteiger partial charge in [-0.1, -0.05) is 27.2 Å². The summed E-state index contributed by atoms with van der Waals surface area (Å²) in [4.78, 5) is 39.6. The molecule has 3 saturated carbocycles.